The Balaban J connectivity index is 1.87. The Bertz CT molecular complexity index is 328. The van der Waals surface area contributed by atoms with Crippen LogP contribution >= 0.6 is 0 Å². The van der Waals surface area contributed by atoms with E-state index in [1.807, 2.05) is 19.1 Å². The predicted octanol–water partition coefficient (Wildman–Crippen LogP) is 0.739. The van der Waals surface area contributed by atoms with Crippen LogP contribution < -0.4 is 5.32 Å². The molecule has 1 unspecified atom stereocenters. The van der Waals surface area contributed by atoms with Crippen LogP contribution in [0.5, 0.6) is 0 Å². The summed E-state index contributed by atoms with van der Waals surface area (Å²) in [7, 11) is 0. The van der Waals surface area contributed by atoms with E-state index in [1.54, 1.807) is 6.20 Å². The van der Waals surface area contributed by atoms with Gasteiger partial charge in [-0.15, -0.1) is 0 Å². The molecule has 1 fully saturated rings. The maximum absolute atomic E-state index is 12.0. The number of piperazine rings is 1. The van der Waals surface area contributed by atoms with Crippen LogP contribution in [0.4, 0.5) is 0 Å². The quantitative estimate of drug-likeness (QED) is 0.737. The van der Waals surface area contributed by atoms with Crippen molar-refractivity contribution < 1.29 is 4.79 Å². The first-order valence-electron chi connectivity index (χ1n) is 5.88. The van der Waals surface area contributed by atoms with E-state index >= 15 is 0 Å². The summed E-state index contributed by atoms with van der Waals surface area (Å²) in [5.41, 5.74) is 0.725. The number of carbonyl (C=O) groups excluding carboxylic acids is 1. The second-order valence-corrected chi connectivity index (χ2v) is 4.40. The number of aromatic amines is 1. The third-order valence-electron chi connectivity index (χ3n) is 3.05. The first-order valence-corrected chi connectivity index (χ1v) is 5.88. The second-order valence-electron chi connectivity index (χ2n) is 4.40. The Morgan fingerprint density at radius 2 is 2.25 bits per heavy atom. The molecular formula is C12H19N3O. The number of nitrogens with one attached hydrogen (secondary N) is 2. The number of carbonyl (C=O) groups is 1. The summed E-state index contributed by atoms with van der Waals surface area (Å²) in [6.07, 6.45) is 1.80. The molecule has 1 saturated heterocycles. The molecule has 2 rings (SSSR count). The summed E-state index contributed by atoms with van der Waals surface area (Å²) in [6, 6.07) is 3.71. The molecule has 1 aliphatic heterocycles. The number of ketones is 1. The topological polar surface area (TPSA) is 48.1 Å². The second kappa shape index (κ2) is 5.27. The Kier molecular flexibility index (Phi) is 3.74. The fraction of sp³-hybridized carbons (Fsp3) is 0.583. The van der Waals surface area contributed by atoms with Crippen LogP contribution in [-0.4, -0.2) is 48.4 Å². The minimum absolute atomic E-state index is 0.0664. The lowest BCUT2D eigenvalue weighted by molar-refractivity contribution is 0.0883. The number of Topliss-reactive ketones (excluding diaryl/α,β-unsaturated/α-hetero) is 1. The first-order chi connectivity index (χ1) is 7.77. The first kappa shape index (κ1) is 11.4. The average molecular weight is 221 g/mol. The van der Waals surface area contributed by atoms with Crippen LogP contribution in [0.1, 0.15) is 17.4 Å². The van der Waals surface area contributed by atoms with Gasteiger partial charge in [0.25, 0.3) is 0 Å². The van der Waals surface area contributed by atoms with E-state index in [-0.39, 0.29) is 11.7 Å². The molecule has 1 atom stereocenters. The van der Waals surface area contributed by atoms with Crippen molar-refractivity contribution in [3.8, 4) is 0 Å². The highest BCUT2D eigenvalue weighted by atomic mass is 16.1. The van der Waals surface area contributed by atoms with Crippen molar-refractivity contribution in [2.24, 2.45) is 5.92 Å². The number of aromatic nitrogens is 1. The van der Waals surface area contributed by atoms with Crippen molar-refractivity contribution in [3.63, 3.8) is 0 Å². The van der Waals surface area contributed by atoms with E-state index in [2.05, 4.69) is 15.2 Å². The molecule has 1 aromatic heterocycles. The van der Waals surface area contributed by atoms with Crippen molar-refractivity contribution >= 4 is 5.78 Å². The van der Waals surface area contributed by atoms with Gasteiger partial charge in [-0.3, -0.25) is 4.79 Å². The van der Waals surface area contributed by atoms with Crippen LogP contribution in [0.2, 0.25) is 0 Å². The van der Waals surface area contributed by atoms with E-state index in [0.717, 1.165) is 38.4 Å². The van der Waals surface area contributed by atoms with Crippen molar-refractivity contribution in [1.29, 1.82) is 0 Å². The number of nitrogens with zero attached hydrogens (tertiary/aromatic N) is 1. The third kappa shape index (κ3) is 2.71. The summed E-state index contributed by atoms with van der Waals surface area (Å²) in [5, 5.41) is 3.31. The molecule has 88 valence electrons. The van der Waals surface area contributed by atoms with Crippen molar-refractivity contribution in [3.05, 3.63) is 24.0 Å². The van der Waals surface area contributed by atoms with Crippen LogP contribution in [0.15, 0.2) is 18.3 Å². The van der Waals surface area contributed by atoms with Gasteiger partial charge in [0.05, 0.1) is 5.69 Å². The minimum atomic E-state index is 0.0664. The zero-order valence-corrected chi connectivity index (χ0v) is 9.70. The highest BCUT2D eigenvalue weighted by Gasteiger charge is 2.20. The Morgan fingerprint density at radius 1 is 1.50 bits per heavy atom. The molecule has 2 heterocycles. The molecular weight excluding hydrogens is 202 g/mol. The van der Waals surface area contributed by atoms with E-state index in [1.165, 1.54) is 0 Å². The predicted molar refractivity (Wildman–Crippen MR) is 63.6 cm³/mol. The Hall–Kier alpha value is -1.13. The van der Waals surface area contributed by atoms with Gasteiger partial charge >= 0.3 is 0 Å². The lowest BCUT2D eigenvalue weighted by Crippen LogP contribution is -2.45. The fourth-order valence-corrected chi connectivity index (χ4v) is 2.11. The standard InChI is InChI=1S/C12H19N3O/c1-10(9-15-7-5-13-6-8-15)12(16)11-3-2-4-14-11/h2-4,10,13-14H,5-9H2,1H3. The van der Waals surface area contributed by atoms with E-state index in [9.17, 15) is 4.79 Å². The molecule has 0 radical (unpaired) electrons. The molecule has 16 heavy (non-hydrogen) atoms. The van der Waals surface area contributed by atoms with Gasteiger partial charge in [-0.05, 0) is 12.1 Å². The van der Waals surface area contributed by atoms with Gasteiger partial charge in [0.2, 0.25) is 0 Å². The monoisotopic (exact) mass is 221 g/mol. The highest BCUT2D eigenvalue weighted by Crippen LogP contribution is 2.09. The van der Waals surface area contributed by atoms with E-state index < -0.39 is 0 Å². The van der Waals surface area contributed by atoms with Crippen molar-refractivity contribution in [1.82, 2.24) is 15.2 Å². The normalized spacial score (nSPS) is 19.6. The van der Waals surface area contributed by atoms with Crippen LogP contribution in [0.25, 0.3) is 0 Å². The van der Waals surface area contributed by atoms with Gasteiger partial charge in [-0.1, -0.05) is 6.92 Å². The van der Waals surface area contributed by atoms with Crippen LogP contribution in [0.3, 0.4) is 0 Å². The summed E-state index contributed by atoms with van der Waals surface area (Å²) < 4.78 is 0. The molecule has 0 aromatic carbocycles. The third-order valence-corrected chi connectivity index (χ3v) is 3.05. The van der Waals surface area contributed by atoms with Gasteiger partial charge in [0.15, 0.2) is 5.78 Å². The lowest BCUT2D eigenvalue weighted by Gasteiger charge is -2.29. The maximum Gasteiger partial charge on any atom is 0.183 e. The van der Waals surface area contributed by atoms with E-state index in [4.69, 9.17) is 0 Å². The Labute approximate surface area is 96.0 Å². The molecule has 0 saturated carbocycles. The number of hydrogen-bond donors (Lipinski definition) is 2. The maximum atomic E-state index is 12.0. The number of hydrogen-bond acceptors (Lipinski definition) is 3. The van der Waals surface area contributed by atoms with Crippen molar-refractivity contribution in [2.75, 3.05) is 32.7 Å². The highest BCUT2D eigenvalue weighted by molar-refractivity contribution is 5.96. The number of H-pyrrole nitrogens is 1. The molecule has 4 heteroatoms. The lowest BCUT2D eigenvalue weighted by atomic mass is 10.0. The molecule has 1 aliphatic rings. The summed E-state index contributed by atoms with van der Waals surface area (Å²) in [6.45, 7) is 7.02. The minimum Gasteiger partial charge on any atom is -0.359 e. The van der Waals surface area contributed by atoms with Crippen LogP contribution in [0, 0.1) is 5.92 Å². The van der Waals surface area contributed by atoms with Gasteiger partial charge in [0, 0.05) is 44.8 Å². The van der Waals surface area contributed by atoms with Gasteiger partial charge in [-0.25, -0.2) is 0 Å². The zero-order chi connectivity index (χ0) is 11.4. The van der Waals surface area contributed by atoms with Crippen molar-refractivity contribution in [2.45, 2.75) is 6.92 Å². The average Bonchev–Trinajstić information content (AvgIpc) is 2.83. The summed E-state index contributed by atoms with van der Waals surface area (Å²) in [5.74, 6) is 0.278. The van der Waals surface area contributed by atoms with Gasteiger partial charge in [-0.2, -0.15) is 0 Å². The van der Waals surface area contributed by atoms with E-state index in [0.29, 0.717) is 0 Å². The Morgan fingerprint density at radius 3 is 2.88 bits per heavy atom. The molecule has 1 aromatic rings. The largest absolute Gasteiger partial charge is 0.359 e. The zero-order valence-electron chi connectivity index (χ0n) is 9.70. The molecule has 0 spiro atoms. The summed E-state index contributed by atoms with van der Waals surface area (Å²) >= 11 is 0. The molecule has 0 bridgehead atoms. The van der Waals surface area contributed by atoms with Crippen LogP contribution in [-0.2, 0) is 0 Å². The molecule has 2 N–H and O–H groups in total. The van der Waals surface area contributed by atoms with Gasteiger partial charge < -0.3 is 15.2 Å². The smallest absolute Gasteiger partial charge is 0.183 e. The fourth-order valence-electron chi connectivity index (χ4n) is 2.11. The molecule has 0 aliphatic carbocycles. The molecule has 4 nitrogen and oxygen atoms in total. The molecule has 0 amide bonds. The number of rotatable bonds is 4. The van der Waals surface area contributed by atoms with Gasteiger partial charge in [0.1, 0.15) is 0 Å². The SMILES string of the molecule is CC(CN1CCNCC1)C(=O)c1ccc[nH]1. The summed E-state index contributed by atoms with van der Waals surface area (Å²) in [4.78, 5) is 17.3.